The van der Waals surface area contributed by atoms with Crippen LogP contribution in [0.1, 0.15) is 49.9 Å². The maximum Gasteiger partial charge on any atom is 0.338 e. The number of methoxy groups -OCH3 is 1. The normalized spacial score (nSPS) is 35.8. The number of esters is 4. The topological polar surface area (TPSA) is 179 Å². The number of benzene rings is 2. The lowest BCUT2D eigenvalue weighted by molar-refractivity contribution is -0.419. The molecule has 276 valence electrons. The molecule has 0 aromatic heterocycles. The minimum atomic E-state index is -1.99. The Morgan fingerprint density at radius 3 is 2.06 bits per heavy atom. The summed E-state index contributed by atoms with van der Waals surface area (Å²) in [7, 11) is 1.39. The zero-order chi connectivity index (χ0) is 36.3. The molecule has 4 aliphatic rings. The third kappa shape index (κ3) is 8.39. The second kappa shape index (κ2) is 15.7. The van der Waals surface area contributed by atoms with Crippen molar-refractivity contribution in [1.82, 2.24) is 0 Å². The van der Waals surface area contributed by atoms with Gasteiger partial charge in [-0.1, -0.05) is 48.5 Å². The molecule has 1 unspecified atom stereocenters. The first kappa shape index (κ1) is 36.8. The van der Waals surface area contributed by atoms with Gasteiger partial charge in [-0.2, -0.15) is 0 Å². The largest absolute Gasteiger partial charge is 0.463 e. The summed E-state index contributed by atoms with van der Waals surface area (Å²) in [5.41, 5.74) is 0.988. The van der Waals surface area contributed by atoms with Gasteiger partial charge in [0.1, 0.15) is 31.0 Å². The summed E-state index contributed by atoms with van der Waals surface area (Å²) >= 11 is 0. The van der Waals surface area contributed by atoms with Crippen LogP contribution < -0.4 is 0 Å². The average molecular weight is 717 g/mol. The van der Waals surface area contributed by atoms with E-state index in [9.17, 15) is 19.2 Å². The maximum absolute atomic E-state index is 13.4. The number of fused-ring (bicyclic) bond motifs is 2. The van der Waals surface area contributed by atoms with Gasteiger partial charge < -0.3 is 52.1 Å². The van der Waals surface area contributed by atoms with E-state index in [1.807, 2.05) is 30.3 Å². The highest BCUT2D eigenvalue weighted by Gasteiger charge is 2.62. The lowest BCUT2D eigenvalue weighted by atomic mass is 9.97. The summed E-state index contributed by atoms with van der Waals surface area (Å²) in [6, 6.07) is 17.5. The molecule has 0 bridgehead atoms. The number of hydrogen-bond donors (Lipinski definition) is 0. The molecule has 4 heterocycles. The molecule has 0 aliphatic carbocycles. The SMILES string of the molecule is CO[C@H]1O[C@@H]2COC(c3ccccc3)O[C@H]2[C@H](O[C@]2(C)O[C@H]3O[C@H](COC(C)=O)[C@@H](OC(C)=O)[C@H](OC(C)=O)[C@H]3O2)[C@H]1OC(=O)c1ccccc1. The molecule has 4 aliphatic heterocycles. The molecule has 4 saturated heterocycles. The molecule has 0 N–H and O–H groups in total. The van der Waals surface area contributed by atoms with Crippen molar-refractivity contribution in [3.63, 3.8) is 0 Å². The van der Waals surface area contributed by atoms with Crippen LogP contribution in [0.3, 0.4) is 0 Å². The third-order valence-electron chi connectivity index (χ3n) is 8.52. The molecule has 0 amide bonds. The summed E-state index contributed by atoms with van der Waals surface area (Å²) in [5, 5.41) is 0. The van der Waals surface area contributed by atoms with Crippen LogP contribution in [0.2, 0.25) is 0 Å². The Bertz CT molecular complexity index is 1540. The van der Waals surface area contributed by atoms with Crippen LogP contribution in [0.5, 0.6) is 0 Å². The molecule has 2 aromatic carbocycles. The first-order valence-corrected chi connectivity index (χ1v) is 16.4. The highest BCUT2D eigenvalue weighted by atomic mass is 16.9. The van der Waals surface area contributed by atoms with Crippen molar-refractivity contribution in [3.8, 4) is 0 Å². The number of ether oxygens (including phenoxy) is 12. The van der Waals surface area contributed by atoms with Crippen LogP contribution >= 0.6 is 0 Å². The first-order valence-electron chi connectivity index (χ1n) is 16.4. The molecule has 0 spiro atoms. The predicted octanol–water partition coefficient (Wildman–Crippen LogP) is 2.32. The molecule has 12 atom stereocenters. The van der Waals surface area contributed by atoms with E-state index in [2.05, 4.69) is 0 Å². The van der Waals surface area contributed by atoms with Crippen LogP contribution in [-0.2, 0) is 71.2 Å². The number of carbonyl (C=O) groups excluding carboxylic acids is 4. The van der Waals surface area contributed by atoms with Gasteiger partial charge in [0.2, 0.25) is 0 Å². The fraction of sp³-hybridized carbons (Fsp3) is 0.543. The zero-order valence-corrected chi connectivity index (χ0v) is 28.6. The second-order valence-corrected chi connectivity index (χ2v) is 12.3. The van der Waals surface area contributed by atoms with Gasteiger partial charge in [0.15, 0.2) is 43.3 Å². The number of hydrogen-bond acceptors (Lipinski definition) is 16. The Labute approximate surface area is 293 Å². The van der Waals surface area contributed by atoms with Crippen LogP contribution in [-0.4, -0.2) is 112 Å². The van der Waals surface area contributed by atoms with Gasteiger partial charge in [-0.3, -0.25) is 19.1 Å². The predicted molar refractivity (Wildman–Crippen MR) is 167 cm³/mol. The van der Waals surface area contributed by atoms with Gasteiger partial charge in [-0.15, -0.1) is 0 Å². The molecule has 0 radical (unpaired) electrons. The van der Waals surface area contributed by atoms with E-state index in [0.717, 1.165) is 5.56 Å². The second-order valence-electron chi connectivity index (χ2n) is 12.3. The summed E-state index contributed by atoms with van der Waals surface area (Å²) in [6.07, 6.45) is -12.3. The standard InChI is InChI=1S/C35H40O16/c1-18(36)41-16-23-25(43-19(2)37)27(44-20(3)38)30-34(46-23)51-35(4,50-30)49-28-26-24(17-42-32(48-26)22-14-10-7-11-15-22)45-33(40-5)29(28)47-31(39)21-12-8-6-9-13-21/h6-15,23-30,32-34H,16-17H2,1-5H3/t23-,24-,25-,26-,27+,28+,29-,30-,32?,33+,34-,35+/m1/s1. The summed E-state index contributed by atoms with van der Waals surface area (Å²) < 4.78 is 71.7. The van der Waals surface area contributed by atoms with E-state index >= 15 is 0 Å². The molecule has 6 rings (SSSR count). The fourth-order valence-electron chi connectivity index (χ4n) is 6.42. The quantitative estimate of drug-likeness (QED) is 0.258. The van der Waals surface area contributed by atoms with Gasteiger partial charge in [-0.05, 0) is 12.1 Å². The van der Waals surface area contributed by atoms with E-state index in [4.69, 9.17) is 56.8 Å². The Hall–Kier alpha value is -4.00. The lowest BCUT2D eigenvalue weighted by Crippen LogP contribution is -2.65. The van der Waals surface area contributed by atoms with E-state index in [1.54, 1.807) is 30.3 Å². The first-order chi connectivity index (χ1) is 24.4. The van der Waals surface area contributed by atoms with E-state index < -0.39 is 97.6 Å². The molecule has 0 saturated carbocycles. The average Bonchev–Trinajstić information content (AvgIpc) is 3.45. The Kier molecular flexibility index (Phi) is 11.3. The van der Waals surface area contributed by atoms with Gasteiger partial charge in [0.05, 0.1) is 12.2 Å². The molecule has 51 heavy (non-hydrogen) atoms. The number of rotatable bonds is 10. The highest BCUT2D eigenvalue weighted by Crippen LogP contribution is 2.44. The van der Waals surface area contributed by atoms with E-state index in [0.29, 0.717) is 0 Å². The monoisotopic (exact) mass is 716 g/mol. The minimum Gasteiger partial charge on any atom is -0.463 e. The van der Waals surface area contributed by atoms with Crippen molar-refractivity contribution in [1.29, 1.82) is 0 Å². The molecular formula is C35H40O16. The molecule has 2 aromatic rings. The van der Waals surface area contributed by atoms with Crippen molar-refractivity contribution in [2.75, 3.05) is 20.3 Å². The van der Waals surface area contributed by atoms with Crippen molar-refractivity contribution >= 4 is 23.9 Å². The third-order valence-corrected chi connectivity index (χ3v) is 8.52. The van der Waals surface area contributed by atoms with Crippen LogP contribution in [0, 0.1) is 0 Å². The van der Waals surface area contributed by atoms with Crippen LogP contribution in [0.25, 0.3) is 0 Å². The van der Waals surface area contributed by atoms with Crippen molar-refractivity contribution in [2.24, 2.45) is 0 Å². The maximum atomic E-state index is 13.4. The van der Waals surface area contributed by atoms with Crippen LogP contribution in [0.4, 0.5) is 0 Å². The Morgan fingerprint density at radius 2 is 1.41 bits per heavy atom. The minimum absolute atomic E-state index is 0.0620. The summed E-state index contributed by atoms with van der Waals surface area (Å²) in [4.78, 5) is 49.6. The van der Waals surface area contributed by atoms with Crippen molar-refractivity contribution in [2.45, 2.75) is 101 Å². The van der Waals surface area contributed by atoms with E-state index in [1.165, 1.54) is 34.8 Å². The molecule has 4 fully saturated rings. The number of carbonyl (C=O) groups is 4. The van der Waals surface area contributed by atoms with Gasteiger partial charge >= 0.3 is 23.9 Å². The van der Waals surface area contributed by atoms with E-state index in [-0.39, 0.29) is 18.8 Å². The van der Waals surface area contributed by atoms with Crippen molar-refractivity contribution in [3.05, 3.63) is 71.8 Å². The molecular weight excluding hydrogens is 676 g/mol. The Balaban J connectivity index is 1.32. The van der Waals surface area contributed by atoms with Gasteiger partial charge in [0, 0.05) is 40.4 Å². The fourth-order valence-corrected chi connectivity index (χ4v) is 6.42. The summed E-state index contributed by atoms with van der Waals surface area (Å²) in [6.45, 7) is 4.68. The van der Waals surface area contributed by atoms with Crippen LogP contribution in [0.15, 0.2) is 60.7 Å². The van der Waals surface area contributed by atoms with Gasteiger partial charge in [0.25, 0.3) is 5.97 Å². The van der Waals surface area contributed by atoms with Crippen molar-refractivity contribution < 1.29 is 76.0 Å². The highest BCUT2D eigenvalue weighted by molar-refractivity contribution is 5.89. The smallest absolute Gasteiger partial charge is 0.338 e. The summed E-state index contributed by atoms with van der Waals surface area (Å²) in [5.74, 6) is -4.72. The molecule has 16 nitrogen and oxygen atoms in total. The Morgan fingerprint density at radius 1 is 0.745 bits per heavy atom. The van der Waals surface area contributed by atoms with Gasteiger partial charge in [-0.25, -0.2) is 4.79 Å². The zero-order valence-electron chi connectivity index (χ0n) is 28.6. The lowest BCUT2D eigenvalue weighted by Gasteiger charge is -2.49. The molecule has 16 heteroatoms.